The van der Waals surface area contributed by atoms with Gasteiger partial charge in [0.15, 0.2) is 11.5 Å². The summed E-state index contributed by atoms with van der Waals surface area (Å²) in [4.78, 5) is 33.2. The van der Waals surface area contributed by atoms with Crippen molar-refractivity contribution in [1.82, 2.24) is 19.7 Å². The van der Waals surface area contributed by atoms with Crippen LogP contribution in [0.25, 0.3) is 0 Å². The second kappa shape index (κ2) is 10.2. The van der Waals surface area contributed by atoms with Gasteiger partial charge in [-0.25, -0.2) is 4.39 Å². The van der Waals surface area contributed by atoms with Crippen LogP contribution in [0.1, 0.15) is 61.5 Å². The van der Waals surface area contributed by atoms with Crippen molar-refractivity contribution in [2.75, 3.05) is 6.61 Å². The minimum absolute atomic E-state index is 0.0216. The Morgan fingerprint density at radius 2 is 1.88 bits per heavy atom. The minimum Gasteiger partial charge on any atom is -0.345 e. The number of aromatic nitrogens is 3. The molecule has 0 saturated heterocycles. The Hall–Kier alpha value is -4.90. The fourth-order valence-electron chi connectivity index (χ4n) is 5.20. The molecule has 1 aliphatic heterocycles. The molecule has 1 amide bonds. The van der Waals surface area contributed by atoms with Gasteiger partial charge >= 0.3 is 0 Å². The number of hydrogen-bond donors (Lipinski definition) is 0. The van der Waals surface area contributed by atoms with Gasteiger partial charge in [-0.3, -0.25) is 24.2 Å². The number of fused-ring (bicyclic) bond motifs is 1. The van der Waals surface area contributed by atoms with E-state index in [0.29, 0.717) is 34.7 Å². The van der Waals surface area contributed by atoms with E-state index < -0.39 is 28.6 Å². The van der Waals surface area contributed by atoms with Gasteiger partial charge in [-0.1, -0.05) is 23.7 Å². The number of rotatable bonds is 8. The smallest absolute Gasteiger partial charge is 0.257 e. The first kappa shape index (κ1) is 27.3. The Morgan fingerprint density at radius 3 is 2.48 bits per heavy atom. The van der Waals surface area contributed by atoms with Crippen LogP contribution < -0.4 is 0 Å². The second-order valence-electron chi connectivity index (χ2n) is 10.5. The van der Waals surface area contributed by atoms with E-state index in [1.807, 2.05) is 6.07 Å². The Balaban J connectivity index is 1.55. The van der Waals surface area contributed by atoms with E-state index in [0.717, 1.165) is 6.07 Å². The molecule has 1 fully saturated rings. The number of amides is 1. The fourth-order valence-corrected chi connectivity index (χ4v) is 5.33. The summed E-state index contributed by atoms with van der Waals surface area (Å²) < 4.78 is 24.4. The third-order valence-corrected chi connectivity index (χ3v) is 7.92. The zero-order valence-corrected chi connectivity index (χ0v) is 23.1. The summed E-state index contributed by atoms with van der Waals surface area (Å²) in [6.45, 7) is -0.182. The van der Waals surface area contributed by atoms with Crippen molar-refractivity contribution in [3.63, 3.8) is 0 Å². The van der Waals surface area contributed by atoms with Crippen LogP contribution >= 0.6 is 11.6 Å². The second-order valence-corrected chi connectivity index (χ2v) is 10.9. The van der Waals surface area contributed by atoms with Crippen molar-refractivity contribution in [1.29, 1.82) is 10.5 Å². The van der Waals surface area contributed by atoms with Crippen LogP contribution in [0.3, 0.4) is 0 Å². The van der Waals surface area contributed by atoms with Gasteiger partial charge in [-0.15, -0.1) is 0 Å². The van der Waals surface area contributed by atoms with E-state index in [1.54, 1.807) is 43.4 Å². The van der Waals surface area contributed by atoms with Gasteiger partial charge < -0.3 is 4.74 Å². The van der Waals surface area contributed by atoms with Crippen molar-refractivity contribution in [2.24, 2.45) is 12.5 Å². The molecule has 0 spiro atoms. The van der Waals surface area contributed by atoms with Gasteiger partial charge in [-0.05, 0) is 49.2 Å². The van der Waals surface area contributed by atoms with Gasteiger partial charge in [0.25, 0.3) is 5.91 Å². The molecule has 1 saturated carbocycles. The van der Waals surface area contributed by atoms with Crippen LogP contribution in [-0.2, 0) is 24.1 Å². The summed E-state index contributed by atoms with van der Waals surface area (Å²) in [5.41, 5.74) is -1.29. The molecule has 0 radical (unpaired) electrons. The maximum absolute atomic E-state index is 16.4. The van der Waals surface area contributed by atoms with Gasteiger partial charge in [0, 0.05) is 35.6 Å². The van der Waals surface area contributed by atoms with Crippen LogP contribution in [0.15, 0.2) is 67.1 Å². The van der Waals surface area contributed by atoms with E-state index >= 15 is 4.39 Å². The number of carbonyl (C=O) groups is 2. The molecule has 1 atom stereocenters. The summed E-state index contributed by atoms with van der Waals surface area (Å²) >= 11 is 6.20. The quantitative estimate of drug-likeness (QED) is 0.272. The lowest BCUT2D eigenvalue weighted by molar-refractivity contribution is -0.122. The number of pyridine rings is 1. The molecule has 42 heavy (non-hydrogen) atoms. The number of ether oxygens (including phenoxy) is 1. The number of nitriles is 2. The average molecular weight is 581 g/mol. The largest absolute Gasteiger partial charge is 0.345 e. The van der Waals surface area contributed by atoms with Gasteiger partial charge in [-0.2, -0.15) is 15.6 Å². The van der Waals surface area contributed by atoms with Crippen LogP contribution in [0.2, 0.25) is 5.02 Å². The van der Waals surface area contributed by atoms with Gasteiger partial charge in [0.05, 0.1) is 58.8 Å². The summed E-state index contributed by atoms with van der Waals surface area (Å²) in [7, 11) is 1.66. The SMILES string of the molecule is Cn1cc(C(=O)c2cc(F)c3c(c2)C(=O)N(Cc2ccc(C#N)cn2)[C@@]3(OCC2(C#N)CC2)c2ccc(Cl)cc2)cn1. The molecule has 3 heterocycles. The van der Waals surface area contributed by atoms with E-state index in [1.165, 1.54) is 34.2 Å². The molecule has 2 aromatic heterocycles. The first-order chi connectivity index (χ1) is 20.2. The normalized spacial score (nSPS) is 18.3. The van der Waals surface area contributed by atoms with Crippen LogP contribution in [-0.4, -0.2) is 38.0 Å². The first-order valence-corrected chi connectivity index (χ1v) is 13.4. The highest BCUT2D eigenvalue weighted by Gasteiger charge is 2.56. The lowest BCUT2D eigenvalue weighted by atomic mass is 9.90. The number of ketones is 1. The van der Waals surface area contributed by atoms with E-state index in [9.17, 15) is 20.1 Å². The molecule has 0 bridgehead atoms. The summed E-state index contributed by atoms with van der Waals surface area (Å²) in [6.07, 6.45) is 5.49. The lowest BCUT2D eigenvalue weighted by Crippen LogP contribution is -2.47. The number of benzene rings is 2. The standard InChI is InChI=1S/C31H22ClFN6O3/c1-38-15-21(14-37-38)28(40)20-10-25-27(26(33)11-20)31(22-3-5-23(32)6-4-22,42-18-30(17-35)8-9-30)39(29(25)41)16-24-7-2-19(12-34)13-36-24/h2-7,10-11,13-15H,8-9,16,18H2,1H3/t31-/m1/s1. The minimum atomic E-state index is -1.81. The van der Waals surface area contributed by atoms with Crippen molar-refractivity contribution in [2.45, 2.75) is 25.1 Å². The predicted octanol–water partition coefficient (Wildman–Crippen LogP) is 4.89. The Labute approximate surface area is 245 Å². The van der Waals surface area contributed by atoms with E-state index in [4.69, 9.17) is 16.3 Å². The number of hydrogen-bond acceptors (Lipinski definition) is 7. The maximum Gasteiger partial charge on any atom is 0.257 e. The molecule has 0 N–H and O–H groups in total. The summed E-state index contributed by atoms with van der Waals surface area (Å²) in [5, 5.41) is 23.4. The Bertz CT molecular complexity index is 1820. The third kappa shape index (κ3) is 4.51. The molecule has 2 aliphatic rings. The molecular weight excluding hydrogens is 559 g/mol. The Morgan fingerprint density at radius 1 is 1.12 bits per heavy atom. The summed E-state index contributed by atoms with van der Waals surface area (Å²) in [6, 6.07) is 16.4. The summed E-state index contributed by atoms with van der Waals surface area (Å²) in [5.74, 6) is -1.91. The van der Waals surface area contributed by atoms with Crippen molar-refractivity contribution < 1.29 is 18.7 Å². The molecule has 0 unspecified atom stereocenters. The Kier molecular flexibility index (Phi) is 6.61. The van der Waals surface area contributed by atoms with Gasteiger partial charge in [0.1, 0.15) is 11.9 Å². The number of nitrogens with zero attached hydrogens (tertiary/aromatic N) is 6. The number of carbonyl (C=O) groups excluding carboxylic acids is 2. The van der Waals surface area contributed by atoms with Crippen molar-refractivity contribution in [3.05, 3.63) is 117 Å². The fraction of sp³-hybridized carbons (Fsp3) is 0.226. The number of aryl methyl sites for hydroxylation is 1. The average Bonchev–Trinajstić information content (AvgIpc) is 3.59. The van der Waals surface area contributed by atoms with Crippen molar-refractivity contribution >= 4 is 23.3 Å². The highest BCUT2D eigenvalue weighted by atomic mass is 35.5. The molecule has 6 rings (SSSR count). The molecule has 4 aromatic rings. The molecule has 11 heteroatoms. The van der Waals surface area contributed by atoms with E-state index in [-0.39, 0.29) is 35.4 Å². The van der Waals surface area contributed by atoms with Crippen LogP contribution in [0, 0.1) is 33.9 Å². The molecular formula is C31H22ClFN6O3. The maximum atomic E-state index is 16.4. The highest BCUT2D eigenvalue weighted by Crippen LogP contribution is 2.52. The number of halogens is 2. The zero-order valence-electron chi connectivity index (χ0n) is 22.3. The van der Waals surface area contributed by atoms with E-state index in [2.05, 4.69) is 16.2 Å². The molecule has 9 nitrogen and oxygen atoms in total. The lowest BCUT2D eigenvalue weighted by Gasteiger charge is -2.40. The molecule has 1 aliphatic carbocycles. The van der Waals surface area contributed by atoms with Crippen molar-refractivity contribution in [3.8, 4) is 12.1 Å². The molecule has 2 aromatic carbocycles. The first-order valence-electron chi connectivity index (χ1n) is 13.1. The third-order valence-electron chi connectivity index (χ3n) is 7.67. The van der Waals surface area contributed by atoms with Crippen LogP contribution in [0.5, 0.6) is 0 Å². The topological polar surface area (TPSA) is 125 Å². The highest BCUT2D eigenvalue weighted by molar-refractivity contribution is 6.30. The molecule has 208 valence electrons. The monoisotopic (exact) mass is 580 g/mol. The zero-order chi connectivity index (χ0) is 29.6. The van der Waals surface area contributed by atoms with Crippen LogP contribution in [0.4, 0.5) is 4.39 Å². The predicted molar refractivity (Wildman–Crippen MR) is 147 cm³/mol. The van der Waals surface area contributed by atoms with Gasteiger partial charge in [0.2, 0.25) is 0 Å².